The molecule has 1 N–H and O–H groups in total. The van der Waals surface area contributed by atoms with E-state index in [9.17, 15) is 9.59 Å². The first kappa shape index (κ1) is 16.7. The highest BCUT2D eigenvalue weighted by Crippen LogP contribution is 2.19. The van der Waals surface area contributed by atoms with Gasteiger partial charge in [0.05, 0.1) is 17.6 Å². The summed E-state index contributed by atoms with van der Waals surface area (Å²) < 4.78 is 10.4. The third-order valence-corrected chi connectivity index (χ3v) is 4.26. The molecule has 0 atom stereocenters. The molecule has 5 nitrogen and oxygen atoms in total. The van der Waals surface area contributed by atoms with Crippen LogP contribution in [0.25, 0.3) is 0 Å². The molecule has 126 valence electrons. The number of hydrogen-bond donors (Lipinski definition) is 1. The van der Waals surface area contributed by atoms with Gasteiger partial charge in [0.25, 0.3) is 5.91 Å². The van der Waals surface area contributed by atoms with Gasteiger partial charge in [-0.05, 0) is 60.0 Å². The molecule has 25 heavy (non-hydrogen) atoms. The van der Waals surface area contributed by atoms with E-state index >= 15 is 0 Å². The molecule has 0 aliphatic carbocycles. The van der Waals surface area contributed by atoms with Crippen LogP contribution in [-0.4, -0.2) is 19.0 Å². The fraction of sp³-hybridized carbons (Fsp3) is 0.0526. The number of carbonyl (C=O) groups excluding carboxylic acids is 2. The van der Waals surface area contributed by atoms with Gasteiger partial charge in [0, 0.05) is 5.69 Å². The topological polar surface area (TPSA) is 64.6 Å². The quantitative estimate of drug-likeness (QED) is 0.551. The van der Waals surface area contributed by atoms with Crippen LogP contribution in [-0.2, 0) is 0 Å². The van der Waals surface area contributed by atoms with Gasteiger partial charge >= 0.3 is 5.97 Å². The SMILES string of the molecule is COc1ccc(C(=O)Oc2ccc(NC(=O)c3cccs3)cc2)cc1. The average molecular weight is 353 g/mol. The summed E-state index contributed by atoms with van der Waals surface area (Å²) >= 11 is 1.37. The Morgan fingerprint density at radius 2 is 1.60 bits per heavy atom. The Kier molecular flexibility index (Phi) is 5.11. The average Bonchev–Trinajstić information content (AvgIpc) is 3.18. The van der Waals surface area contributed by atoms with Crippen molar-refractivity contribution in [1.82, 2.24) is 0 Å². The van der Waals surface area contributed by atoms with Crippen molar-refractivity contribution in [3.63, 3.8) is 0 Å². The first-order valence-corrected chi connectivity index (χ1v) is 8.35. The third-order valence-electron chi connectivity index (χ3n) is 3.39. The van der Waals surface area contributed by atoms with Crippen LogP contribution in [0.2, 0.25) is 0 Å². The van der Waals surface area contributed by atoms with Crippen molar-refractivity contribution < 1.29 is 19.1 Å². The molecule has 6 heteroatoms. The minimum absolute atomic E-state index is 0.169. The van der Waals surface area contributed by atoms with E-state index in [0.29, 0.717) is 27.6 Å². The second kappa shape index (κ2) is 7.63. The number of hydrogen-bond acceptors (Lipinski definition) is 5. The molecule has 0 saturated carbocycles. The maximum absolute atomic E-state index is 12.1. The zero-order chi connectivity index (χ0) is 17.6. The van der Waals surface area contributed by atoms with Crippen LogP contribution in [0.4, 0.5) is 5.69 Å². The predicted octanol–water partition coefficient (Wildman–Crippen LogP) is 4.23. The van der Waals surface area contributed by atoms with E-state index in [1.54, 1.807) is 61.7 Å². The molecule has 0 bridgehead atoms. The smallest absolute Gasteiger partial charge is 0.343 e. The Balaban J connectivity index is 1.61. The number of ether oxygens (including phenoxy) is 2. The molecule has 0 saturated heterocycles. The molecular weight excluding hydrogens is 338 g/mol. The molecule has 0 radical (unpaired) electrons. The summed E-state index contributed by atoms with van der Waals surface area (Å²) in [6, 6.07) is 16.9. The maximum Gasteiger partial charge on any atom is 0.343 e. The van der Waals surface area contributed by atoms with Crippen molar-refractivity contribution in [3.8, 4) is 11.5 Å². The Morgan fingerprint density at radius 3 is 2.20 bits per heavy atom. The van der Waals surface area contributed by atoms with Crippen LogP contribution < -0.4 is 14.8 Å². The van der Waals surface area contributed by atoms with Crippen molar-refractivity contribution in [2.45, 2.75) is 0 Å². The third kappa shape index (κ3) is 4.24. The molecule has 0 spiro atoms. The fourth-order valence-corrected chi connectivity index (χ4v) is 2.72. The number of carbonyl (C=O) groups is 2. The molecule has 1 aromatic heterocycles. The van der Waals surface area contributed by atoms with Crippen molar-refractivity contribution in [2.75, 3.05) is 12.4 Å². The summed E-state index contributed by atoms with van der Waals surface area (Å²) in [5.74, 6) is 0.438. The number of rotatable bonds is 5. The van der Waals surface area contributed by atoms with Gasteiger partial charge in [-0.25, -0.2) is 4.79 Å². The lowest BCUT2D eigenvalue weighted by atomic mass is 10.2. The maximum atomic E-state index is 12.1. The van der Waals surface area contributed by atoms with E-state index in [-0.39, 0.29) is 5.91 Å². The summed E-state index contributed by atoms with van der Waals surface area (Å²) in [5, 5.41) is 4.63. The van der Waals surface area contributed by atoms with Crippen LogP contribution in [0, 0.1) is 0 Å². The van der Waals surface area contributed by atoms with Crippen molar-refractivity contribution in [1.29, 1.82) is 0 Å². The van der Waals surface area contributed by atoms with Gasteiger partial charge in [-0.15, -0.1) is 11.3 Å². The summed E-state index contributed by atoms with van der Waals surface area (Å²) in [5.41, 5.74) is 1.05. The molecule has 0 fully saturated rings. The minimum Gasteiger partial charge on any atom is -0.497 e. The number of methoxy groups -OCH3 is 1. The molecule has 0 aliphatic heterocycles. The van der Waals surface area contributed by atoms with E-state index in [4.69, 9.17) is 9.47 Å². The largest absolute Gasteiger partial charge is 0.497 e. The lowest BCUT2D eigenvalue weighted by Gasteiger charge is -2.07. The number of thiophene rings is 1. The van der Waals surface area contributed by atoms with E-state index < -0.39 is 5.97 Å². The second-order valence-corrected chi connectivity index (χ2v) is 6.02. The summed E-state index contributed by atoms with van der Waals surface area (Å²) in [6.45, 7) is 0. The van der Waals surface area contributed by atoms with E-state index in [0.717, 1.165) is 0 Å². The molecule has 1 heterocycles. The Bertz CT molecular complexity index is 855. The monoisotopic (exact) mass is 353 g/mol. The van der Waals surface area contributed by atoms with Crippen LogP contribution in [0.1, 0.15) is 20.0 Å². The van der Waals surface area contributed by atoms with Gasteiger partial charge in [0.2, 0.25) is 0 Å². The van der Waals surface area contributed by atoms with Crippen molar-refractivity contribution >= 4 is 28.9 Å². The number of amides is 1. The molecule has 3 aromatic rings. The Hall–Kier alpha value is -3.12. The molecule has 2 aromatic carbocycles. The molecule has 3 rings (SSSR count). The van der Waals surface area contributed by atoms with Crippen LogP contribution in [0.15, 0.2) is 66.0 Å². The van der Waals surface area contributed by atoms with Crippen LogP contribution in [0.5, 0.6) is 11.5 Å². The van der Waals surface area contributed by atoms with Gasteiger partial charge < -0.3 is 14.8 Å². The minimum atomic E-state index is -0.460. The summed E-state index contributed by atoms with van der Waals surface area (Å²) in [7, 11) is 1.56. The standard InChI is InChI=1S/C19H15NO4S/c1-23-15-8-4-13(5-9-15)19(22)24-16-10-6-14(7-11-16)20-18(21)17-3-2-12-25-17/h2-12H,1H3,(H,20,21). The molecule has 1 amide bonds. The number of esters is 1. The normalized spacial score (nSPS) is 10.1. The summed E-state index contributed by atoms with van der Waals surface area (Å²) in [4.78, 5) is 24.7. The van der Waals surface area contributed by atoms with Gasteiger partial charge in [0.1, 0.15) is 11.5 Å². The zero-order valence-corrected chi connectivity index (χ0v) is 14.2. The van der Waals surface area contributed by atoms with Gasteiger partial charge in [-0.1, -0.05) is 6.07 Å². The first-order valence-electron chi connectivity index (χ1n) is 7.47. The lowest BCUT2D eigenvalue weighted by Crippen LogP contribution is -2.10. The van der Waals surface area contributed by atoms with Crippen LogP contribution in [0.3, 0.4) is 0 Å². The second-order valence-electron chi connectivity index (χ2n) is 5.07. The van der Waals surface area contributed by atoms with Crippen molar-refractivity contribution in [2.24, 2.45) is 0 Å². The Morgan fingerprint density at radius 1 is 0.920 bits per heavy atom. The molecule has 0 aliphatic rings. The highest BCUT2D eigenvalue weighted by molar-refractivity contribution is 7.12. The molecular formula is C19H15NO4S. The Labute approximate surface area is 148 Å². The molecule has 0 unspecified atom stereocenters. The number of nitrogens with one attached hydrogen (secondary N) is 1. The summed E-state index contributed by atoms with van der Waals surface area (Å²) in [6.07, 6.45) is 0. The van der Waals surface area contributed by atoms with Gasteiger partial charge in [-0.2, -0.15) is 0 Å². The zero-order valence-electron chi connectivity index (χ0n) is 13.4. The highest BCUT2D eigenvalue weighted by Gasteiger charge is 2.10. The van der Waals surface area contributed by atoms with Crippen molar-refractivity contribution in [3.05, 3.63) is 76.5 Å². The van der Waals surface area contributed by atoms with E-state index in [1.807, 2.05) is 11.4 Å². The van der Waals surface area contributed by atoms with E-state index in [1.165, 1.54) is 11.3 Å². The highest BCUT2D eigenvalue weighted by atomic mass is 32.1. The fourth-order valence-electron chi connectivity index (χ4n) is 2.10. The lowest BCUT2D eigenvalue weighted by molar-refractivity contribution is 0.0734. The number of anilines is 1. The van der Waals surface area contributed by atoms with Gasteiger partial charge in [0.15, 0.2) is 0 Å². The predicted molar refractivity (Wildman–Crippen MR) is 96.7 cm³/mol. The van der Waals surface area contributed by atoms with Crippen LogP contribution >= 0.6 is 11.3 Å². The van der Waals surface area contributed by atoms with Gasteiger partial charge in [-0.3, -0.25) is 4.79 Å². The number of benzene rings is 2. The first-order chi connectivity index (χ1) is 12.2. The van der Waals surface area contributed by atoms with E-state index in [2.05, 4.69) is 5.32 Å².